The lowest BCUT2D eigenvalue weighted by atomic mass is 10.0. The maximum atomic E-state index is 11.5. The molecule has 1 fully saturated rings. The van der Waals surface area contributed by atoms with Gasteiger partial charge in [-0.1, -0.05) is 24.3 Å². The lowest BCUT2D eigenvalue weighted by molar-refractivity contribution is 0.486. The molecule has 2 heterocycles. The van der Waals surface area contributed by atoms with Gasteiger partial charge in [0, 0.05) is 23.6 Å². The first-order valence-corrected chi connectivity index (χ1v) is 9.24. The van der Waals surface area contributed by atoms with E-state index in [9.17, 15) is 8.42 Å². The van der Waals surface area contributed by atoms with Crippen LogP contribution >= 0.6 is 11.8 Å². The first-order valence-electron chi connectivity index (χ1n) is 6.26. The van der Waals surface area contributed by atoms with Gasteiger partial charge in [-0.25, -0.2) is 8.42 Å². The third-order valence-electron chi connectivity index (χ3n) is 3.64. The highest BCUT2D eigenvalue weighted by atomic mass is 32.2. The van der Waals surface area contributed by atoms with Gasteiger partial charge in [-0.3, -0.25) is 0 Å². The van der Waals surface area contributed by atoms with E-state index in [4.69, 9.17) is 0 Å². The Hall–Kier alpha value is -0.520. The summed E-state index contributed by atoms with van der Waals surface area (Å²) in [5.74, 6) is 2.74. The van der Waals surface area contributed by atoms with Crippen LogP contribution in [-0.4, -0.2) is 31.7 Å². The lowest BCUT2D eigenvalue weighted by Crippen LogP contribution is -2.36. The number of fused-ring (bicyclic) bond motifs is 1. The van der Waals surface area contributed by atoms with Crippen molar-refractivity contribution in [3.63, 3.8) is 0 Å². The summed E-state index contributed by atoms with van der Waals surface area (Å²) in [7, 11) is -2.79. The van der Waals surface area contributed by atoms with Crippen LogP contribution in [0.3, 0.4) is 0 Å². The fourth-order valence-electron chi connectivity index (χ4n) is 2.73. The van der Waals surface area contributed by atoms with Crippen LogP contribution in [0, 0.1) is 0 Å². The zero-order valence-electron chi connectivity index (χ0n) is 10.1. The molecule has 2 atom stereocenters. The highest BCUT2D eigenvalue weighted by Crippen LogP contribution is 2.32. The third-order valence-corrected chi connectivity index (χ3v) is 6.49. The molecular weight excluding hydrogens is 266 g/mol. The van der Waals surface area contributed by atoms with Gasteiger partial charge in [0.25, 0.3) is 0 Å². The topological polar surface area (TPSA) is 46.2 Å². The Bertz CT molecular complexity index is 542. The number of nitrogens with one attached hydrogen (secondary N) is 1. The van der Waals surface area contributed by atoms with Gasteiger partial charge in [-0.15, -0.1) is 0 Å². The monoisotopic (exact) mass is 283 g/mol. The zero-order chi connectivity index (χ0) is 12.6. The van der Waals surface area contributed by atoms with Crippen molar-refractivity contribution >= 4 is 21.6 Å². The molecule has 0 spiro atoms. The van der Waals surface area contributed by atoms with Gasteiger partial charge >= 0.3 is 0 Å². The summed E-state index contributed by atoms with van der Waals surface area (Å²) in [4.78, 5) is 0. The summed E-state index contributed by atoms with van der Waals surface area (Å²) < 4.78 is 23.0. The molecule has 1 saturated heterocycles. The molecule has 0 radical (unpaired) electrons. The molecular formula is C13H17NO2S2. The molecule has 5 heteroatoms. The Morgan fingerprint density at radius 1 is 1.28 bits per heavy atom. The van der Waals surface area contributed by atoms with Crippen LogP contribution in [0.5, 0.6) is 0 Å². The molecule has 0 saturated carbocycles. The van der Waals surface area contributed by atoms with Gasteiger partial charge in [0.1, 0.15) is 0 Å². The predicted molar refractivity (Wildman–Crippen MR) is 75.5 cm³/mol. The van der Waals surface area contributed by atoms with E-state index in [2.05, 4.69) is 29.6 Å². The lowest BCUT2D eigenvalue weighted by Gasteiger charge is -2.28. The van der Waals surface area contributed by atoms with Crippen molar-refractivity contribution in [1.82, 2.24) is 5.32 Å². The van der Waals surface area contributed by atoms with E-state index < -0.39 is 9.84 Å². The highest BCUT2D eigenvalue weighted by Gasteiger charge is 2.31. The number of rotatable bonds is 2. The average Bonchev–Trinajstić information content (AvgIpc) is 2.69. The Labute approximate surface area is 112 Å². The fraction of sp³-hybridized carbons (Fsp3) is 0.538. The van der Waals surface area contributed by atoms with Crippen LogP contribution in [0.2, 0.25) is 0 Å². The Morgan fingerprint density at radius 3 is 2.89 bits per heavy atom. The minimum atomic E-state index is -2.79. The Kier molecular flexibility index (Phi) is 3.38. The summed E-state index contributed by atoms with van der Waals surface area (Å²) in [5, 5.41) is 3.53. The zero-order valence-corrected chi connectivity index (χ0v) is 11.8. The summed E-state index contributed by atoms with van der Waals surface area (Å²) in [6.07, 6.45) is 0.756. The quantitative estimate of drug-likeness (QED) is 0.898. The van der Waals surface area contributed by atoms with Gasteiger partial charge in [-0.05, 0) is 17.5 Å². The Morgan fingerprint density at radius 2 is 2.11 bits per heavy atom. The van der Waals surface area contributed by atoms with E-state index in [1.807, 2.05) is 11.8 Å². The van der Waals surface area contributed by atoms with Gasteiger partial charge < -0.3 is 5.32 Å². The van der Waals surface area contributed by atoms with Crippen molar-refractivity contribution in [2.75, 3.05) is 17.3 Å². The van der Waals surface area contributed by atoms with E-state index in [1.54, 1.807) is 0 Å². The molecule has 3 rings (SSSR count). The second kappa shape index (κ2) is 4.87. The normalized spacial score (nSPS) is 30.0. The van der Waals surface area contributed by atoms with E-state index >= 15 is 0 Å². The fourth-order valence-corrected chi connectivity index (χ4v) is 5.53. The van der Waals surface area contributed by atoms with Crippen LogP contribution in [0.1, 0.15) is 23.6 Å². The molecule has 1 aromatic rings. The highest BCUT2D eigenvalue weighted by molar-refractivity contribution is 7.98. The molecule has 0 aromatic heterocycles. The van der Waals surface area contributed by atoms with Gasteiger partial charge in [0.15, 0.2) is 9.84 Å². The van der Waals surface area contributed by atoms with Crippen molar-refractivity contribution in [3.8, 4) is 0 Å². The number of thioether (sulfide) groups is 1. The molecule has 2 unspecified atom stereocenters. The molecule has 1 aromatic carbocycles. The molecule has 18 heavy (non-hydrogen) atoms. The van der Waals surface area contributed by atoms with E-state index in [0.29, 0.717) is 17.5 Å². The second-order valence-corrected chi connectivity index (χ2v) is 8.29. The molecule has 2 aliphatic heterocycles. The molecule has 0 aliphatic carbocycles. The maximum absolute atomic E-state index is 11.5. The second-order valence-electron chi connectivity index (χ2n) is 5.03. The van der Waals surface area contributed by atoms with Gasteiger partial charge in [0.2, 0.25) is 0 Å². The molecule has 0 bridgehead atoms. The van der Waals surface area contributed by atoms with Crippen LogP contribution in [0.25, 0.3) is 0 Å². The van der Waals surface area contributed by atoms with Crippen molar-refractivity contribution < 1.29 is 8.42 Å². The SMILES string of the molecule is O=S1(=O)CCC(NC2CSCc3ccccc32)C1. The van der Waals surface area contributed by atoms with Crippen molar-refractivity contribution in [2.45, 2.75) is 24.3 Å². The number of benzene rings is 1. The Balaban J connectivity index is 1.75. The summed E-state index contributed by atoms with van der Waals surface area (Å²) in [5.41, 5.74) is 2.73. The van der Waals surface area contributed by atoms with Crippen molar-refractivity contribution in [3.05, 3.63) is 35.4 Å². The first-order chi connectivity index (χ1) is 8.64. The number of hydrogen-bond acceptors (Lipinski definition) is 4. The van der Waals surface area contributed by atoms with E-state index in [-0.39, 0.29) is 6.04 Å². The molecule has 2 aliphatic rings. The standard InChI is InChI=1S/C13H17NO2S2/c15-18(16)6-5-11(9-18)14-13-8-17-7-10-3-1-2-4-12(10)13/h1-4,11,13-14H,5-9H2. The van der Waals surface area contributed by atoms with Crippen LogP contribution in [0.4, 0.5) is 0 Å². The van der Waals surface area contributed by atoms with Gasteiger partial charge in [-0.2, -0.15) is 11.8 Å². The third kappa shape index (κ3) is 2.58. The number of sulfone groups is 1. The summed E-state index contributed by atoms with van der Waals surface area (Å²) >= 11 is 1.92. The largest absolute Gasteiger partial charge is 0.305 e. The van der Waals surface area contributed by atoms with Gasteiger partial charge in [0.05, 0.1) is 11.5 Å². The molecule has 0 amide bonds. The van der Waals surface area contributed by atoms with Crippen LogP contribution in [0.15, 0.2) is 24.3 Å². The minimum Gasteiger partial charge on any atom is -0.305 e. The minimum absolute atomic E-state index is 0.131. The van der Waals surface area contributed by atoms with E-state index in [1.165, 1.54) is 11.1 Å². The van der Waals surface area contributed by atoms with Crippen LogP contribution in [-0.2, 0) is 15.6 Å². The van der Waals surface area contributed by atoms with Crippen molar-refractivity contribution in [1.29, 1.82) is 0 Å². The summed E-state index contributed by atoms with van der Waals surface area (Å²) in [6.45, 7) is 0. The van der Waals surface area contributed by atoms with Crippen molar-refractivity contribution in [2.24, 2.45) is 0 Å². The molecule has 98 valence electrons. The predicted octanol–water partition coefficient (Wildman–Crippen LogP) is 1.75. The molecule has 1 N–H and O–H groups in total. The van der Waals surface area contributed by atoms with E-state index in [0.717, 1.165) is 17.9 Å². The molecule has 3 nitrogen and oxygen atoms in total. The maximum Gasteiger partial charge on any atom is 0.151 e. The van der Waals surface area contributed by atoms with Crippen LogP contribution < -0.4 is 5.32 Å². The first kappa shape index (κ1) is 12.5. The smallest absolute Gasteiger partial charge is 0.151 e. The summed E-state index contributed by atoms with van der Waals surface area (Å²) in [6, 6.07) is 8.90. The number of hydrogen-bond donors (Lipinski definition) is 1. The average molecular weight is 283 g/mol.